The van der Waals surface area contributed by atoms with E-state index in [0.29, 0.717) is 35.7 Å². The summed E-state index contributed by atoms with van der Waals surface area (Å²) in [5.74, 6) is -0.0569. The SMILES string of the molecule is CCCS(=N)(=O)c1nc(NC(=O)C(CC)CC)c2c(n1)N(Cc1ccc(Cl)cc1)C(=O)C2. The second kappa shape index (κ2) is 9.95. The number of anilines is 2. The molecule has 0 aliphatic carbocycles. The molecule has 10 heteroatoms. The van der Waals surface area contributed by atoms with Crippen LogP contribution in [0.3, 0.4) is 0 Å². The summed E-state index contributed by atoms with van der Waals surface area (Å²) in [6, 6.07) is 7.11. The topological polar surface area (TPSA) is 116 Å². The lowest BCUT2D eigenvalue weighted by molar-refractivity contribution is -0.120. The smallest absolute Gasteiger partial charge is 0.233 e. The van der Waals surface area contributed by atoms with E-state index in [4.69, 9.17) is 16.4 Å². The Kier molecular flexibility index (Phi) is 7.51. The molecular formula is C22H28ClN5O3S. The number of carbonyl (C=O) groups excluding carboxylic acids is 2. The molecule has 2 heterocycles. The van der Waals surface area contributed by atoms with Crippen molar-refractivity contribution in [3.05, 3.63) is 40.4 Å². The molecule has 32 heavy (non-hydrogen) atoms. The summed E-state index contributed by atoms with van der Waals surface area (Å²) < 4.78 is 21.3. The standard InChI is InChI=1S/C22H28ClN5O3S/c1-4-11-32(24,31)22-26-19(25-21(30)15(5-2)6-3)17-12-18(29)28(20(17)27-22)13-14-7-9-16(23)10-8-14/h7-10,15,24H,4-6,11-13H2,1-3H3,(H,25,26,27,30). The van der Waals surface area contributed by atoms with Crippen molar-refractivity contribution in [2.45, 2.75) is 58.2 Å². The molecule has 1 aromatic carbocycles. The molecule has 1 aliphatic rings. The molecule has 1 unspecified atom stereocenters. The van der Waals surface area contributed by atoms with E-state index in [2.05, 4.69) is 15.3 Å². The van der Waals surface area contributed by atoms with Gasteiger partial charge >= 0.3 is 0 Å². The predicted molar refractivity (Wildman–Crippen MR) is 125 cm³/mol. The quantitative estimate of drug-likeness (QED) is 0.519. The number of carbonyl (C=O) groups is 2. The first kappa shape index (κ1) is 24.1. The van der Waals surface area contributed by atoms with Gasteiger partial charge in [0.15, 0.2) is 0 Å². The van der Waals surface area contributed by atoms with Crippen molar-refractivity contribution in [1.82, 2.24) is 9.97 Å². The summed E-state index contributed by atoms with van der Waals surface area (Å²) in [7, 11) is -3.27. The molecule has 2 amide bonds. The minimum absolute atomic E-state index is 0.0225. The van der Waals surface area contributed by atoms with E-state index in [1.54, 1.807) is 12.1 Å². The van der Waals surface area contributed by atoms with Crippen LogP contribution in [0.15, 0.2) is 29.4 Å². The zero-order valence-electron chi connectivity index (χ0n) is 18.5. The van der Waals surface area contributed by atoms with E-state index in [-0.39, 0.29) is 47.4 Å². The van der Waals surface area contributed by atoms with E-state index >= 15 is 0 Å². The van der Waals surface area contributed by atoms with Crippen LogP contribution in [0.1, 0.15) is 51.2 Å². The van der Waals surface area contributed by atoms with Crippen LogP contribution in [0.4, 0.5) is 11.6 Å². The average molecular weight is 478 g/mol. The number of fused-ring (bicyclic) bond motifs is 1. The molecule has 2 aromatic rings. The number of halogens is 1. The fourth-order valence-electron chi connectivity index (χ4n) is 3.65. The fourth-order valence-corrected chi connectivity index (χ4v) is 5.00. The zero-order chi connectivity index (χ0) is 23.5. The first-order valence-corrected chi connectivity index (χ1v) is 12.8. The second-order valence-corrected chi connectivity index (χ2v) is 10.4. The molecule has 1 aromatic heterocycles. The van der Waals surface area contributed by atoms with Crippen molar-refractivity contribution in [1.29, 1.82) is 4.78 Å². The average Bonchev–Trinajstić information content (AvgIpc) is 3.06. The molecule has 172 valence electrons. The van der Waals surface area contributed by atoms with E-state index < -0.39 is 9.73 Å². The van der Waals surface area contributed by atoms with Gasteiger partial charge in [0.25, 0.3) is 0 Å². The molecule has 3 rings (SSSR count). The van der Waals surface area contributed by atoms with Crippen LogP contribution in [-0.2, 0) is 32.3 Å². The van der Waals surface area contributed by atoms with Crippen molar-refractivity contribution in [3.63, 3.8) is 0 Å². The van der Waals surface area contributed by atoms with Crippen LogP contribution in [0, 0.1) is 10.7 Å². The first-order valence-electron chi connectivity index (χ1n) is 10.7. The summed E-state index contributed by atoms with van der Waals surface area (Å²) in [5, 5.41) is 3.25. The lowest BCUT2D eigenvalue weighted by Gasteiger charge is -2.19. The maximum absolute atomic E-state index is 13.0. The molecular weight excluding hydrogens is 450 g/mol. The number of nitrogens with one attached hydrogen (secondary N) is 2. The predicted octanol–water partition coefficient (Wildman–Crippen LogP) is 4.41. The Labute approximate surface area is 193 Å². The van der Waals surface area contributed by atoms with Gasteiger partial charge in [0.05, 0.1) is 13.0 Å². The molecule has 0 radical (unpaired) electrons. The van der Waals surface area contributed by atoms with E-state index in [9.17, 15) is 13.8 Å². The Hall–Kier alpha value is -2.52. The molecule has 0 saturated heterocycles. The second-order valence-electron chi connectivity index (χ2n) is 7.82. The number of hydrogen-bond acceptors (Lipinski definition) is 6. The molecule has 0 saturated carbocycles. The van der Waals surface area contributed by atoms with Gasteiger partial charge in [0, 0.05) is 22.3 Å². The zero-order valence-corrected chi connectivity index (χ0v) is 20.1. The van der Waals surface area contributed by atoms with Crippen molar-refractivity contribution in [2.75, 3.05) is 16.0 Å². The van der Waals surface area contributed by atoms with Gasteiger partial charge in [0.1, 0.15) is 21.4 Å². The minimum Gasteiger partial charge on any atom is -0.310 e. The number of amides is 2. The third-order valence-corrected chi connectivity index (χ3v) is 7.50. The molecule has 1 aliphatic heterocycles. The third kappa shape index (κ3) is 5.10. The van der Waals surface area contributed by atoms with Gasteiger partial charge in [-0.1, -0.05) is 44.5 Å². The Balaban J connectivity index is 2.07. The fraction of sp³-hybridized carbons (Fsp3) is 0.455. The van der Waals surface area contributed by atoms with Gasteiger partial charge in [-0.05, 0) is 37.0 Å². The van der Waals surface area contributed by atoms with Gasteiger partial charge < -0.3 is 5.32 Å². The van der Waals surface area contributed by atoms with Gasteiger partial charge in [-0.2, -0.15) is 0 Å². The molecule has 0 bridgehead atoms. The highest BCUT2D eigenvalue weighted by molar-refractivity contribution is 7.92. The molecule has 1 atom stereocenters. The molecule has 0 spiro atoms. The summed E-state index contributed by atoms with van der Waals surface area (Å²) in [5.41, 5.74) is 1.33. The largest absolute Gasteiger partial charge is 0.310 e. The number of nitrogens with zero attached hydrogens (tertiary/aromatic N) is 3. The van der Waals surface area contributed by atoms with Gasteiger partial charge in [0.2, 0.25) is 17.0 Å². The van der Waals surface area contributed by atoms with Crippen LogP contribution >= 0.6 is 11.6 Å². The third-order valence-electron chi connectivity index (χ3n) is 5.49. The van der Waals surface area contributed by atoms with Gasteiger partial charge in [-0.25, -0.2) is 19.0 Å². The lowest BCUT2D eigenvalue weighted by Crippen LogP contribution is -2.27. The van der Waals surface area contributed by atoms with Gasteiger partial charge in [-0.3, -0.25) is 14.5 Å². The number of rotatable bonds is 9. The highest BCUT2D eigenvalue weighted by Crippen LogP contribution is 2.34. The number of aromatic nitrogens is 2. The monoisotopic (exact) mass is 477 g/mol. The van der Waals surface area contributed by atoms with Crippen LogP contribution < -0.4 is 10.2 Å². The minimum atomic E-state index is -3.27. The van der Waals surface area contributed by atoms with Gasteiger partial charge in [-0.15, -0.1) is 0 Å². The van der Waals surface area contributed by atoms with Crippen LogP contribution in [0.25, 0.3) is 0 Å². The first-order chi connectivity index (χ1) is 15.2. The van der Waals surface area contributed by atoms with E-state index in [1.807, 2.05) is 32.9 Å². The molecule has 8 nitrogen and oxygen atoms in total. The Morgan fingerprint density at radius 3 is 2.47 bits per heavy atom. The van der Waals surface area contributed by atoms with Crippen molar-refractivity contribution < 1.29 is 13.8 Å². The maximum atomic E-state index is 13.0. The van der Waals surface area contributed by atoms with Crippen molar-refractivity contribution in [3.8, 4) is 0 Å². The summed E-state index contributed by atoms with van der Waals surface area (Å²) in [6.45, 7) is 5.93. The number of benzene rings is 1. The lowest BCUT2D eigenvalue weighted by atomic mass is 10.0. The van der Waals surface area contributed by atoms with Crippen LogP contribution in [0.2, 0.25) is 5.02 Å². The normalized spacial score (nSPS) is 15.0. The Bertz CT molecular complexity index is 1120. The van der Waals surface area contributed by atoms with Crippen molar-refractivity contribution in [2.24, 2.45) is 5.92 Å². The molecule has 2 N–H and O–H groups in total. The van der Waals surface area contributed by atoms with E-state index in [1.165, 1.54) is 4.90 Å². The molecule has 0 fully saturated rings. The summed E-state index contributed by atoms with van der Waals surface area (Å²) >= 11 is 5.96. The van der Waals surface area contributed by atoms with Crippen LogP contribution in [0.5, 0.6) is 0 Å². The Morgan fingerprint density at radius 2 is 1.88 bits per heavy atom. The Morgan fingerprint density at radius 1 is 1.22 bits per heavy atom. The van der Waals surface area contributed by atoms with E-state index in [0.717, 1.165) is 5.56 Å². The highest BCUT2D eigenvalue weighted by atomic mass is 35.5. The van der Waals surface area contributed by atoms with Crippen LogP contribution in [-0.4, -0.2) is 31.7 Å². The highest BCUT2D eigenvalue weighted by Gasteiger charge is 2.34. The summed E-state index contributed by atoms with van der Waals surface area (Å²) in [4.78, 5) is 35.8. The maximum Gasteiger partial charge on any atom is 0.233 e. The van der Waals surface area contributed by atoms with Crippen molar-refractivity contribution >= 4 is 44.8 Å². The summed E-state index contributed by atoms with van der Waals surface area (Å²) in [6.07, 6.45) is 1.87. The number of hydrogen-bond donors (Lipinski definition) is 2.